The lowest BCUT2D eigenvalue weighted by Gasteiger charge is -2.44. The average molecular weight is 301 g/mol. The lowest BCUT2D eigenvalue weighted by molar-refractivity contribution is 0.479. The molecule has 2 aromatic rings. The van der Waals surface area contributed by atoms with Gasteiger partial charge in [-0.15, -0.1) is 0 Å². The van der Waals surface area contributed by atoms with Gasteiger partial charge in [0.05, 0.1) is 8.07 Å². The summed E-state index contributed by atoms with van der Waals surface area (Å²) >= 11 is 0. The largest absolute Gasteiger partial charge is 0.508 e. The third-order valence-corrected chi connectivity index (χ3v) is 12.3. The predicted octanol–water partition coefficient (Wildman–Crippen LogP) is 5.43. The first-order valence-corrected chi connectivity index (χ1v) is 10.3. The minimum absolute atomic E-state index is 0.497. The zero-order chi connectivity index (χ0) is 15.8. The molecule has 0 aliphatic rings. The Bertz CT molecular complexity index is 607. The highest BCUT2D eigenvalue weighted by molar-refractivity contribution is 6.95. The Kier molecular flexibility index (Phi) is 4.48. The summed E-state index contributed by atoms with van der Waals surface area (Å²) in [6, 6.07) is 12.5. The molecule has 0 amide bonds. The van der Waals surface area contributed by atoms with Crippen LogP contribution in [0.1, 0.15) is 41.5 Å². The van der Waals surface area contributed by atoms with Crippen LogP contribution < -0.4 is 5.19 Å². The van der Waals surface area contributed by atoms with E-state index in [1.807, 2.05) is 12.1 Å². The number of phenolic OH excluding ortho intramolecular Hbond substituents is 1. The van der Waals surface area contributed by atoms with E-state index in [1.165, 1.54) is 10.6 Å². The number of hydrogen-bond acceptors (Lipinski definition) is 1. The lowest BCUT2D eigenvalue weighted by atomic mass is 10.1. The van der Waals surface area contributed by atoms with Crippen molar-refractivity contribution in [3.8, 4) is 5.75 Å². The predicted molar refractivity (Wildman–Crippen MR) is 96.3 cm³/mol. The second kappa shape index (κ2) is 5.84. The molecule has 0 atom stereocenters. The quantitative estimate of drug-likeness (QED) is 0.746. The van der Waals surface area contributed by atoms with Crippen molar-refractivity contribution in [3.05, 3.63) is 36.4 Å². The van der Waals surface area contributed by atoms with Crippen LogP contribution in [0, 0.1) is 0 Å². The van der Waals surface area contributed by atoms with Crippen LogP contribution in [0.3, 0.4) is 0 Å². The van der Waals surface area contributed by atoms with Gasteiger partial charge in [0.1, 0.15) is 5.75 Å². The maximum absolute atomic E-state index is 10.7. The fourth-order valence-electron chi connectivity index (χ4n) is 4.51. The van der Waals surface area contributed by atoms with Gasteiger partial charge in [0.2, 0.25) is 0 Å². The van der Waals surface area contributed by atoms with E-state index >= 15 is 0 Å². The van der Waals surface area contributed by atoms with Crippen LogP contribution in [-0.4, -0.2) is 13.2 Å². The van der Waals surface area contributed by atoms with Gasteiger partial charge in [-0.3, -0.25) is 0 Å². The van der Waals surface area contributed by atoms with Gasteiger partial charge in [0.25, 0.3) is 0 Å². The summed E-state index contributed by atoms with van der Waals surface area (Å²) in [6.07, 6.45) is 0. The Morgan fingerprint density at radius 2 is 1.19 bits per heavy atom. The third-order valence-electron chi connectivity index (χ3n) is 5.20. The fraction of sp³-hybridized carbons (Fsp3) is 0.474. The van der Waals surface area contributed by atoms with Crippen LogP contribution >= 0.6 is 0 Å². The molecule has 0 radical (unpaired) electrons. The lowest BCUT2D eigenvalue weighted by Crippen LogP contribution is -2.55. The van der Waals surface area contributed by atoms with Gasteiger partial charge < -0.3 is 5.11 Å². The molecular formula is C19H28OSi. The summed E-state index contributed by atoms with van der Waals surface area (Å²) in [7, 11) is -1.82. The molecule has 2 aromatic carbocycles. The maximum atomic E-state index is 10.7. The highest BCUT2D eigenvalue weighted by atomic mass is 28.3. The van der Waals surface area contributed by atoms with E-state index in [2.05, 4.69) is 65.8 Å². The Labute approximate surface area is 130 Å². The van der Waals surface area contributed by atoms with Gasteiger partial charge in [0.15, 0.2) is 0 Å². The monoisotopic (exact) mass is 300 g/mol. The first-order valence-electron chi connectivity index (χ1n) is 8.04. The highest BCUT2D eigenvalue weighted by Crippen LogP contribution is 2.43. The molecule has 114 valence electrons. The second-order valence-corrected chi connectivity index (χ2v) is 13.0. The third kappa shape index (κ3) is 2.50. The summed E-state index contributed by atoms with van der Waals surface area (Å²) in [5.41, 5.74) is 1.80. The smallest absolute Gasteiger partial charge is 0.115 e. The van der Waals surface area contributed by atoms with Crippen LogP contribution in [0.4, 0.5) is 0 Å². The topological polar surface area (TPSA) is 20.2 Å². The number of rotatable bonds is 4. The second-order valence-electron chi connectivity index (χ2n) is 7.11. The first-order chi connectivity index (χ1) is 9.81. The zero-order valence-electron chi connectivity index (χ0n) is 14.1. The molecule has 0 heterocycles. The van der Waals surface area contributed by atoms with Crippen molar-refractivity contribution in [1.82, 2.24) is 0 Å². The summed E-state index contributed by atoms with van der Waals surface area (Å²) in [6.45, 7) is 14.0. The molecule has 0 aliphatic heterocycles. The molecule has 2 heteroatoms. The van der Waals surface area contributed by atoms with Gasteiger partial charge in [0, 0.05) is 0 Å². The molecule has 1 N–H and O–H groups in total. The molecule has 0 saturated carbocycles. The summed E-state index contributed by atoms with van der Waals surface area (Å²) in [5.74, 6) is 0.497. The number of hydrogen-bond donors (Lipinski definition) is 1. The van der Waals surface area contributed by atoms with Crippen LogP contribution in [0.5, 0.6) is 5.75 Å². The molecule has 0 bridgehead atoms. The molecule has 0 unspecified atom stereocenters. The van der Waals surface area contributed by atoms with E-state index in [-0.39, 0.29) is 0 Å². The van der Waals surface area contributed by atoms with E-state index in [0.29, 0.717) is 22.4 Å². The van der Waals surface area contributed by atoms with Gasteiger partial charge in [-0.1, -0.05) is 71.9 Å². The summed E-state index contributed by atoms with van der Waals surface area (Å²) in [4.78, 5) is 0. The van der Waals surface area contributed by atoms with Crippen LogP contribution in [0.15, 0.2) is 36.4 Å². The van der Waals surface area contributed by atoms with Gasteiger partial charge >= 0.3 is 0 Å². The standard InChI is InChI=1S/C19H28OSi/c1-13(2)21(14(3)4,15(5)6)19-12-17-10-8-7-9-16(17)11-18(19)20/h7-15,20H,1-6H3. The molecule has 1 nitrogen and oxygen atoms in total. The van der Waals surface area contributed by atoms with Crippen molar-refractivity contribution in [2.75, 3.05) is 0 Å². The molecule has 0 aliphatic carbocycles. The average Bonchev–Trinajstić information content (AvgIpc) is 2.38. The molecule has 0 spiro atoms. The van der Waals surface area contributed by atoms with Crippen molar-refractivity contribution in [1.29, 1.82) is 0 Å². The van der Waals surface area contributed by atoms with Crippen molar-refractivity contribution >= 4 is 24.0 Å². The normalized spacial score (nSPS) is 12.8. The molecular weight excluding hydrogens is 272 g/mol. The van der Waals surface area contributed by atoms with E-state index in [4.69, 9.17) is 0 Å². The Morgan fingerprint density at radius 1 is 0.762 bits per heavy atom. The minimum atomic E-state index is -1.82. The van der Waals surface area contributed by atoms with E-state index in [9.17, 15) is 5.11 Å². The Morgan fingerprint density at radius 3 is 1.62 bits per heavy atom. The molecule has 0 saturated heterocycles. The Hall–Kier alpha value is -1.28. The molecule has 21 heavy (non-hydrogen) atoms. The van der Waals surface area contributed by atoms with Gasteiger partial charge in [-0.05, 0) is 38.6 Å². The van der Waals surface area contributed by atoms with Crippen LogP contribution in [-0.2, 0) is 0 Å². The zero-order valence-corrected chi connectivity index (χ0v) is 15.1. The van der Waals surface area contributed by atoms with Gasteiger partial charge in [-0.25, -0.2) is 0 Å². The Balaban J connectivity index is 2.79. The molecule has 0 fully saturated rings. The SMILES string of the molecule is CC(C)[Si](c1cc2ccccc2cc1O)(C(C)C)C(C)C. The number of phenols is 1. The van der Waals surface area contributed by atoms with E-state index < -0.39 is 8.07 Å². The molecule has 2 rings (SSSR count). The van der Waals surface area contributed by atoms with Crippen molar-refractivity contribution in [2.45, 2.75) is 58.2 Å². The van der Waals surface area contributed by atoms with Crippen molar-refractivity contribution < 1.29 is 5.11 Å². The first kappa shape index (κ1) is 16.1. The van der Waals surface area contributed by atoms with E-state index in [1.54, 1.807) is 0 Å². The summed E-state index contributed by atoms with van der Waals surface area (Å²) in [5, 5.41) is 14.3. The van der Waals surface area contributed by atoms with Gasteiger partial charge in [-0.2, -0.15) is 0 Å². The van der Waals surface area contributed by atoms with Crippen LogP contribution in [0.2, 0.25) is 16.6 Å². The number of benzene rings is 2. The maximum Gasteiger partial charge on any atom is 0.115 e. The summed E-state index contributed by atoms with van der Waals surface area (Å²) < 4.78 is 0. The number of fused-ring (bicyclic) bond motifs is 1. The van der Waals surface area contributed by atoms with Crippen LogP contribution in [0.25, 0.3) is 10.8 Å². The minimum Gasteiger partial charge on any atom is -0.508 e. The van der Waals surface area contributed by atoms with Crippen molar-refractivity contribution in [2.24, 2.45) is 0 Å². The molecule has 0 aromatic heterocycles. The fourth-order valence-corrected chi connectivity index (χ4v) is 11.3. The number of aromatic hydroxyl groups is 1. The highest BCUT2D eigenvalue weighted by Gasteiger charge is 2.45. The van der Waals surface area contributed by atoms with E-state index in [0.717, 1.165) is 5.39 Å². The van der Waals surface area contributed by atoms with Crippen molar-refractivity contribution in [3.63, 3.8) is 0 Å².